The zero-order chi connectivity index (χ0) is 18.9. The van der Waals surface area contributed by atoms with Crippen LogP contribution >= 0.6 is 23.4 Å². The van der Waals surface area contributed by atoms with Crippen LogP contribution in [0, 0.1) is 0 Å². The standard InChI is InChI=1S/C17H12Cl2N2O4S/c1-25-17(22)16-10-14(13-9-11(18)7-8-15(13)21(16)19)20-26(23,24)12-5-3-2-4-6-12/h2-10H,1H3/b20-14+. The highest BCUT2D eigenvalue weighted by Crippen LogP contribution is 2.20. The summed E-state index contributed by atoms with van der Waals surface area (Å²) in [6.07, 6.45) is 0. The fraction of sp³-hybridized carbons (Fsp3) is 0.0588. The molecule has 0 unspecified atom stereocenters. The Morgan fingerprint density at radius 3 is 2.46 bits per heavy atom. The second-order valence-corrected chi connectivity index (χ2v) is 7.61. The number of fused-ring (bicyclic) bond motifs is 1. The van der Waals surface area contributed by atoms with Crippen LogP contribution in [0.2, 0.25) is 5.02 Å². The van der Waals surface area contributed by atoms with E-state index >= 15 is 0 Å². The van der Waals surface area contributed by atoms with E-state index in [1.807, 2.05) is 0 Å². The fourth-order valence-corrected chi connectivity index (χ4v) is 3.83. The SMILES string of the molecule is COC(=O)c1c/c(=N\S(=O)(=O)c2ccccc2)c2cc(Cl)ccc2n1Cl. The Morgan fingerprint density at radius 2 is 1.81 bits per heavy atom. The minimum absolute atomic E-state index is 0.0254. The molecule has 0 N–H and O–H groups in total. The minimum Gasteiger partial charge on any atom is -0.464 e. The first-order valence-corrected chi connectivity index (χ1v) is 9.45. The van der Waals surface area contributed by atoms with Crippen molar-refractivity contribution in [2.75, 3.05) is 7.11 Å². The van der Waals surface area contributed by atoms with Crippen LogP contribution in [0.5, 0.6) is 0 Å². The number of hydrogen-bond donors (Lipinski definition) is 0. The van der Waals surface area contributed by atoms with Gasteiger partial charge in [0, 0.05) is 22.2 Å². The van der Waals surface area contributed by atoms with Gasteiger partial charge < -0.3 is 4.74 Å². The minimum atomic E-state index is -4.00. The number of hydrogen-bond acceptors (Lipinski definition) is 4. The van der Waals surface area contributed by atoms with Crippen LogP contribution in [-0.2, 0) is 14.8 Å². The maximum atomic E-state index is 12.6. The number of nitrogens with zero attached hydrogens (tertiary/aromatic N) is 2. The van der Waals surface area contributed by atoms with Gasteiger partial charge in [-0.25, -0.2) is 8.88 Å². The Labute approximate surface area is 159 Å². The highest BCUT2D eigenvalue weighted by molar-refractivity contribution is 7.90. The van der Waals surface area contributed by atoms with Gasteiger partial charge in [0.05, 0.1) is 22.9 Å². The molecule has 26 heavy (non-hydrogen) atoms. The molecule has 0 spiro atoms. The lowest BCUT2D eigenvalue weighted by atomic mass is 10.2. The van der Waals surface area contributed by atoms with Crippen molar-refractivity contribution in [3.63, 3.8) is 0 Å². The van der Waals surface area contributed by atoms with Crippen LogP contribution in [0.15, 0.2) is 63.9 Å². The Morgan fingerprint density at radius 1 is 1.12 bits per heavy atom. The van der Waals surface area contributed by atoms with Crippen molar-refractivity contribution in [1.29, 1.82) is 0 Å². The van der Waals surface area contributed by atoms with Crippen LogP contribution in [0.1, 0.15) is 10.5 Å². The number of carbonyl (C=O) groups excluding carboxylic acids is 1. The molecule has 0 aliphatic rings. The highest BCUT2D eigenvalue weighted by Gasteiger charge is 2.17. The number of aromatic nitrogens is 1. The van der Waals surface area contributed by atoms with E-state index in [1.54, 1.807) is 30.3 Å². The molecule has 1 heterocycles. The molecule has 2 aromatic carbocycles. The van der Waals surface area contributed by atoms with Crippen LogP contribution in [0.25, 0.3) is 10.9 Å². The van der Waals surface area contributed by atoms with Gasteiger partial charge in [-0.1, -0.05) is 29.8 Å². The van der Waals surface area contributed by atoms with Crippen LogP contribution in [0.4, 0.5) is 0 Å². The predicted molar refractivity (Wildman–Crippen MR) is 98.7 cm³/mol. The van der Waals surface area contributed by atoms with Crippen molar-refractivity contribution in [1.82, 2.24) is 4.09 Å². The number of pyridine rings is 1. The van der Waals surface area contributed by atoms with E-state index in [0.717, 1.165) is 4.09 Å². The fourth-order valence-electron chi connectivity index (χ4n) is 2.37. The molecule has 9 heteroatoms. The second kappa shape index (κ2) is 7.11. The summed E-state index contributed by atoms with van der Waals surface area (Å²) in [6, 6.07) is 13.6. The molecule has 3 aromatic rings. The lowest BCUT2D eigenvalue weighted by Gasteiger charge is -2.10. The Hall–Kier alpha value is -2.35. The van der Waals surface area contributed by atoms with Crippen molar-refractivity contribution in [2.24, 2.45) is 4.40 Å². The maximum absolute atomic E-state index is 12.6. The van der Waals surface area contributed by atoms with Crippen molar-refractivity contribution in [3.8, 4) is 0 Å². The highest BCUT2D eigenvalue weighted by atomic mass is 35.5. The summed E-state index contributed by atoms with van der Waals surface area (Å²) >= 11 is 12.2. The molecule has 0 aliphatic heterocycles. The van der Waals surface area contributed by atoms with Gasteiger partial charge >= 0.3 is 5.97 Å². The van der Waals surface area contributed by atoms with Crippen LogP contribution in [-0.4, -0.2) is 25.6 Å². The van der Waals surface area contributed by atoms with Gasteiger partial charge in [-0.2, -0.15) is 12.8 Å². The number of ether oxygens (including phenoxy) is 1. The van der Waals surface area contributed by atoms with E-state index in [-0.39, 0.29) is 15.9 Å². The van der Waals surface area contributed by atoms with Crippen LogP contribution in [0.3, 0.4) is 0 Å². The number of carbonyl (C=O) groups is 1. The monoisotopic (exact) mass is 410 g/mol. The number of rotatable bonds is 3. The van der Waals surface area contributed by atoms with Gasteiger partial charge in [-0.15, -0.1) is 0 Å². The Bertz CT molecular complexity index is 1170. The number of sulfonamides is 1. The molecule has 0 saturated carbocycles. The van der Waals surface area contributed by atoms with E-state index in [9.17, 15) is 13.2 Å². The van der Waals surface area contributed by atoms with Crippen molar-refractivity contribution in [3.05, 3.63) is 70.7 Å². The Kier molecular flexibility index (Phi) is 5.04. The van der Waals surface area contributed by atoms with E-state index in [0.29, 0.717) is 15.9 Å². The van der Waals surface area contributed by atoms with E-state index in [4.69, 9.17) is 28.1 Å². The lowest BCUT2D eigenvalue weighted by Crippen LogP contribution is -2.17. The van der Waals surface area contributed by atoms with E-state index in [2.05, 4.69) is 4.40 Å². The number of methoxy groups -OCH3 is 1. The first-order chi connectivity index (χ1) is 12.3. The van der Waals surface area contributed by atoms with Crippen molar-refractivity contribution < 1.29 is 17.9 Å². The zero-order valence-corrected chi connectivity index (χ0v) is 15.7. The summed E-state index contributed by atoms with van der Waals surface area (Å²) in [4.78, 5) is 12.0. The maximum Gasteiger partial charge on any atom is 0.356 e. The molecule has 6 nitrogen and oxygen atoms in total. The third-order valence-corrected chi connectivity index (χ3v) is 5.49. The molecule has 0 bridgehead atoms. The summed E-state index contributed by atoms with van der Waals surface area (Å²) in [7, 11) is -2.80. The van der Waals surface area contributed by atoms with E-state index in [1.165, 1.54) is 31.4 Å². The van der Waals surface area contributed by atoms with Crippen LogP contribution < -0.4 is 5.36 Å². The van der Waals surface area contributed by atoms with Gasteiger partial charge in [-0.3, -0.25) is 0 Å². The largest absolute Gasteiger partial charge is 0.464 e. The normalized spacial score (nSPS) is 12.3. The summed E-state index contributed by atoms with van der Waals surface area (Å²) in [5.74, 6) is -0.731. The average molecular weight is 411 g/mol. The van der Waals surface area contributed by atoms with E-state index < -0.39 is 16.0 Å². The van der Waals surface area contributed by atoms with Gasteiger partial charge in [0.2, 0.25) is 0 Å². The third kappa shape index (κ3) is 3.46. The molecule has 0 saturated heterocycles. The van der Waals surface area contributed by atoms with Gasteiger partial charge in [0.15, 0.2) is 0 Å². The first-order valence-electron chi connectivity index (χ1n) is 7.29. The van der Waals surface area contributed by atoms with Gasteiger partial charge in [0.1, 0.15) is 5.69 Å². The topological polar surface area (TPSA) is 77.7 Å². The number of benzene rings is 2. The first kappa shape index (κ1) is 18.4. The van der Waals surface area contributed by atoms with Gasteiger partial charge in [0.25, 0.3) is 10.0 Å². The smallest absolute Gasteiger partial charge is 0.356 e. The third-order valence-electron chi connectivity index (χ3n) is 3.59. The average Bonchev–Trinajstić information content (AvgIpc) is 2.64. The molecule has 0 fully saturated rings. The molecule has 1 aromatic heterocycles. The Balaban J connectivity index is 2.40. The number of esters is 1. The molecule has 134 valence electrons. The summed E-state index contributed by atoms with van der Waals surface area (Å²) in [5.41, 5.74) is 0.298. The molecule has 0 radical (unpaired) electrons. The zero-order valence-electron chi connectivity index (χ0n) is 13.4. The summed E-state index contributed by atoms with van der Waals surface area (Å²) in [5, 5.41) is 0.775. The molecular formula is C17H12Cl2N2O4S. The molecule has 0 aliphatic carbocycles. The molecular weight excluding hydrogens is 399 g/mol. The quantitative estimate of drug-likeness (QED) is 0.620. The lowest BCUT2D eigenvalue weighted by molar-refractivity contribution is 0.0592. The van der Waals surface area contributed by atoms with Crippen molar-refractivity contribution >= 4 is 50.3 Å². The summed E-state index contributed by atoms with van der Waals surface area (Å²) in [6.45, 7) is 0. The van der Waals surface area contributed by atoms with Crippen molar-refractivity contribution in [2.45, 2.75) is 4.90 Å². The second-order valence-electron chi connectivity index (χ2n) is 5.23. The predicted octanol–water partition coefficient (Wildman–Crippen LogP) is 3.37. The molecule has 0 atom stereocenters. The molecule has 3 rings (SSSR count). The summed E-state index contributed by atoms with van der Waals surface area (Å²) < 4.78 is 34.9. The molecule has 0 amide bonds. The number of halogens is 2. The van der Waals surface area contributed by atoms with Gasteiger partial charge in [-0.05, 0) is 36.4 Å².